The summed E-state index contributed by atoms with van der Waals surface area (Å²) < 4.78 is 50.4. The van der Waals surface area contributed by atoms with Crippen LogP contribution in [0.5, 0.6) is 0 Å². The van der Waals surface area contributed by atoms with Crippen molar-refractivity contribution in [1.82, 2.24) is 0 Å². The van der Waals surface area contributed by atoms with Crippen LogP contribution in [0.2, 0.25) is 0 Å². The fourth-order valence-corrected chi connectivity index (χ4v) is 2.88. The molecular weight excluding hydrogens is 286 g/mol. The molecule has 0 atom stereocenters. The normalized spacial score (nSPS) is 11.6. The van der Waals surface area contributed by atoms with E-state index >= 15 is 0 Å². The molecule has 0 saturated heterocycles. The molecule has 106 valence electrons. The highest BCUT2D eigenvalue weighted by Crippen LogP contribution is 2.28. The fraction of sp³-hybridized carbons (Fsp3) is 0.143. The van der Waals surface area contributed by atoms with E-state index in [1.165, 1.54) is 24.3 Å². The molecule has 2 aromatic carbocycles. The Kier molecular flexibility index (Phi) is 3.87. The maximum absolute atomic E-state index is 13.9. The molecular formula is C14H12F2O3S. The second kappa shape index (κ2) is 5.30. The van der Waals surface area contributed by atoms with Crippen LogP contribution in [-0.2, 0) is 16.4 Å². The smallest absolute Gasteiger partial charge is 0.176 e. The Hall–Kier alpha value is -1.79. The van der Waals surface area contributed by atoms with E-state index in [-0.39, 0.29) is 16.0 Å². The van der Waals surface area contributed by atoms with Crippen molar-refractivity contribution in [2.45, 2.75) is 11.5 Å². The molecule has 0 saturated carbocycles. The summed E-state index contributed by atoms with van der Waals surface area (Å²) in [5.41, 5.74) is 0.311. The lowest BCUT2D eigenvalue weighted by molar-refractivity contribution is 0.272. The van der Waals surface area contributed by atoms with E-state index in [4.69, 9.17) is 5.11 Å². The number of sulfone groups is 1. The maximum atomic E-state index is 13.9. The summed E-state index contributed by atoms with van der Waals surface area (Å²) in [5, 5.41) is 9.10. The number of halogens is 2. The molecule has 0 fully saturated rings. The molecule has 20 heavy (non-hydrogen) atoms. The summed E-state index contributed by atoms with van der Waals surface area (Å²) >= 11 is 0. The summed E-state index contributed by atoms with van der Waals surface area (Å²) in [4.78, 5) is -0.292. The second-order valence-electron chi connectivity index (χ2n) is 4.38. The second-order valence-corrected chi connectivity index (χ2v) is 6.36. The molecule has 6 heteroatoms. The summed E-state index contributed by atoms with van der Waals surface area (Å²) in [6, 6.07) is 7.72. The highest BCUT2D eigenvalue weighted by Gasteiger charge is 2.18. The largest absolute Gasteiger partial charge is 0.392 e. The van der Waals surface area contributed by atoms with Gasteiger partial charge in [-0.05, 0) is 35.4 Å². The van der Waals surface area contributed by atoms with Gasteiger partial charge in [0.2, 0.25) is 0 Å². The minimum atomic E-state index is -3.70. The standard InChI is InChI=1S/C14H12F2O3S/c1-20(18,19)14-7-10(6-13(16)12(14)8-17)9-3-2-4-11(15)5-9/h2-7,17H,8H2,1H3. The van der Waals surface area contributed by atoms with Crippen LogP contribution >= 0.6 is 0 Å². The lowest BCUT2D eigenvalue weighted by atomic mass is 10.0. The number of aliphatic hydroxyl groups excluding tert-OH is 1. The number of hydrogen-bond acceptors (Lipinski definition) is 3. The molecule has 0 amide bonds. The van der Waals surface area contributed by atoms with Crippen molar-refractivity contribution in [1.29, 1.82) is 0 Å². The van der Waals surface area contributed by atoms with Gasteiger partial charge in [0.25, 0.3) is 0 Å². The Morgan fingerprint density at radius 3 is 2.35 bits per heavy atom. The van der Waals surface area contributed by atoms with Gasteiger partial charge >= 0.3 is 0 Å². The van der Waals surface area contributed by atoms with Gasteiger partial charge in [0.05, 0.1) is 11.5 Å². The van der Waals surface area contributed by atoms with Crippen LogP contribution in [0.1, 0.15) is 5.56 Å². The third-order valence-corrected chi connectivity index (χ3v) is 4.03. The third kappa shape index (κ3) is 2.86. The predicted molar refractivity (Wildman–Crippen MR) is 70.8 cm³/mol. The van der Waals surface area contributed by atoms with Crippen molar-refractivity contribution in [3.63, 3.8) is 0 Å². The fourth-order valence-electron chi connectivity index (χ4n) is 1.93. The third-order valence-electron chi connectivity index (χ3n) is 2.87. The molecule has 0 aliphatic carbocycles. The van der Waals surface area contributed by atoms with Gasteiger partial charge in [-0.1, -0.05) is 12.1 Å². The summed E-state index contributed by atoms with van der Waals surface area (Å²) in [6.45, 7) is -0.725. The molecule has 0 unspecified atom stereocenters. The highest BCUT2D eigenvalue weighted by atomic mass is 32.2. The molecule has 0 aliphatic heterocycles. The topological polar surface area (TPSA) is 54.4 Å². The Labute approximate surface area is 115 Å². The summed E-state index contributed by atoms with van der Waals surface area (Å²) in [6.07, 6.45) is 0.927. The molecule has 3 nitrogen and oxygen atoms in total. The van der Waals surface area contributed by atoms with Crippen LogP contribution in [0.15, 0.2) is 41.3 Å². The van der Waals surface area contributed by atoms with Crippen molar-refractivity contribution in [2.75, 3.05) is 6.26 Å². The van der Waals surface area contributed by atoms with Gasteiger partial charge in [-0.2, -0.15) is 0 Å². The first-order chi connectivity index (χ1) is 9.32. The minimum absolute atomic E-state index is 0.236. The first-order valence-electron chi connectivity index (χ1n) is 5.72. The van der Waals surface area contributed by atoms with Gasteiger partial charge in [-0.3, -0.25) is 0 Å². The van der Waals surface area contributed by atoms with Crippen LogP contribution < -0.4 is 0 Å². The van der Waals surface area contributed by atoms with Gasteiger partial charge in [0.1, 0.15) is 11.6 Å². The summed E-state index contributed by atoms with van der Waals surface area (Å²) in [5.74, 6) is -1.34. The minimum Gasteiger partial charge on any atom is -0.392 e. The molecule has 0 spiro atoms. The van der Waals surface area contributed by atoms with E-state index in [1.807, 2.05) is 0 Å². The number of rotatable bonds is 3. The van der Waals surface area contributed by atoms with E-state index < -0.39 is 28.1 Å². The van der Waals surface area contributed by atoms with Gasteiger partial charge in [-0.15, -0.1) is 0 Å². The molecule has 0 bridgehead atoms. The van der Waals surface area contributed by atoms with Crippen molar-refractivity contribution >= 4 is 9.84 Å². The number of aliphatic hydroxyl groups is 1. The zero-order chi connectivity index (χ0) is 14.9. The van der Waals surface area contributed by atoms with E-state index in [2.05, 4.69) is 0 Å². The molecule has 0 aromatic heterocycles. The average molecular weight is 298 g/mol. The highest BCUT2D eigenvalue weighted by molar-refractivity contribution is 7.90. The van der Waals surface area contributed by atoms with Crippen LogP contribution in [-0.4, -0.2) is 19.8 Å². The Balaban J connectivity index is 2.72. The van der Waals surface area contributed by atoms with Crippen molar-refractivity contribution in [3.05, 3.63) is 53.6 Å². The van der Waals surface area contributed by atoms with E-state index in [1.54, 1.807) is 6.07 Å². The van der Waals surface area contributed by atoms with Crippen molar-refractivity contribution in [3.8, 4) is 11.1 Å². The SMILES string of the molecule is CS(=O)(=O)c1cc(-c2cccc(F)c2)cc(F)c1CO. The van der Waals surface area contributed by atoms with Gasteiger partial charge in [-0.25, -0.2) is 17.2 Å². The Bertz CT molecular complexity index is 755. The number of hydrogen-bond donors (Lipinski definition) is 1. The number of benzene rings is 2. The Morgan fingerprint density at radius 1 is 1.10 bits per heavy atom. The van der Waals surface area contributed by atoms with Crippen molar-refractivity contribution < 1.29 is 22.3 Å². The maximum Gasteiger partial charge on any atom is 0.176 e. The molecule has 0 aliphatic rings. The molecule has 1 N–H and O–H groups in total. The van der Waals surface area contributed by atoms with E-state index in [9.17, 15) is 17.2 Å². The molecule has 2 rings (SSSR count). The van der Waals surface area contributed by atoms with Gasteiger partial charge < -0.3 is 5.11 Å². The van der Waals surface area contributed by atoms with Crippen LogP contribution in [0, 0.1) is 11.6 Å². The lowest BCUT2D eigenvalue weighted by Crippen LogP contribution is -2.05. The van der Waals surface area contributed by atoms with Gasteiger partial charge in [0.15, 0.2) is 9.84 Å². The molecule has 2 aromatic rings. The lowest BCUT2D eigenvalue weighted by Gasteiger charge is -2.10. The van der Waals surface area contributed by atoms with E-state index in [0.717, 1.165) is 12.3 Å². The zero-order valence-electron chi connectivity index (χ0n) is 10.6. The van der Waals surface area contributed by atoms with E-state index in [0.29, 0.717) is 5.56 Å². The van der Waals surface area contributed by atoms with Crippen LogP contribution in [0.3, 0.4) is 0 Å². The van der Waals surface area contributed by atoms with Crippen LogP contribution in [0.25, 0.3) is 11.1 Å². The van der Waals surface area contributed by atoms with Crippen molar-refractivity contribution in [2.24, 2.45) is 0 Å². The average Bonchev–Trinajstić information content (AvgIpc) is 2.36. The van der Waals surface area contributed by atoms with Crippen LogP contribution in [0.4, 0.5) is 8.78 Å². The van der Waals surface area contributed by atoms with Gasteiger partial charge in [0, 0.05) is 11.8 Å². The monoisotopic (exact) mass is 298 g/mol. The Morgan fingerprint density at radius 2 is 1.80 bits per heavy atom. The molecule has 0 heterocycles. The molecule has 0 radical (unpaired) electrons. The predicted octanol–water partition coefficient (Wildman–Crippen LogP) is 2.53. The summed E-state index contributed by atoms with van der Waals surface area (Å²) in [7, 11) is -3.70. The quantitative estimate of drug-likeness (QED) is 0.947. The first-order valence-corrected chi connectivity index (χ1v) is 7.61. The zero-order valence-corrected chi connectivity index (χ0v) is 11.4. The first kappa shape index (κ1) is 14.6.